The minimum atomic E-state index is -0.0901. The molecule has 2 heteroatoms. The summed E-state index contributed by atoms with van der Waals surface area (Å²) in [4.78, 5) is 10.5. The van der Waals surface area contributed by atoms with Crippen LogP contribution in [0.4, 0.5) is 0 Å². The van der Waals surface area contributed by atoms with Gasteiger partial charge in [-0.3, -0.25) is 0 Å². The Labute approximate surface area is 340 Å². The van der Waals surface area contributed by atoms with E-state index in [0.717, 1.165) is 33.6 Å². The molecule has 0 N–H and O–H groups in total. The first-order valence-electron chi connectivity index (χ1n) is 20.3. The molecule has 0 unspecified atom stereocenters. The molecule has 0 atom stereocenters. The zero-order valence-corrected chi connectivity index (χ0v) is 33.2. The molecule has 1 aromatic heterocycles. The van der Waals surface area contributed by atoms with Crippen molar-refractivity contribution in [1.82, 2.24) is 9.97 Å². The minimum Gasteiger partial charge on any atom is -0.228 e. The molecular formula is C56H42N2. The van der Waals surface area contributed by atoms with Gasteiger partial charge >= 0.3 is 0 Å². The predicted molar refractivity (Wildman–Crippen MR) is 242 cm³/mol. The van der Waals surface area contributed by atoms with Crippen LogP contribution in [-0.4, -0.2) is 9.97 Å². The van der Waals surface area contributed by atoms with Gasteiger partial charge in [-0.15, -0.1) is 0 Å². The van der Waals surface area contributed by atoms with Gasteiger partial charge in [0.05, 0.1) is 11.4 Å². The quantitative estimate of drug-likeness (QED) is 0.175. The molecule has 0 radical (unpaired) electrons. The summed E-state index contributed by atoms with van der Waals surface area (Å²) in [6.07, 6.45) is 0. The number of aromatic nitrogens is 2. The van der Waals surface area contributed by atoms with Gasteiger partial charge in [-0.2, -0.15) is 0 Å². The Morgan fingerprint density at radius 1 is 0.310 bits per heavy atom. The van der Waals surface area contributed by atoms with Gasteiger partial charge in [-0.1, -0.05) is 185 Å². The Morgan fingerprint density at radius 2 is 0.862 bits per heavy atom. The van der Waals surface area contributed by atoms with Crippen molar-refractivity contribution in [3.05, 3.63) is 204 Å². The first kappa shape index (κ1) is 34.4. The van der Waals surface area contributed by atoms with Crippen LogP contribution >= 0.6 is 0 Å². The van der Waals surface area contributed by atoms with E-state index in [9.17, 15) is 0 Å². The maximum absolute atomic E-state index is 5.27. The van der Waals surface area contributed by atoms with E-state index < -0.39 is 0 Å². The molecule has 0 aliphatic heterocycles. The van der Waals surface area contributed by atoms with Gasteiger partial charge in [0.1, 0.15) is 0 Å². The summed E-state index contributed by atoms with van der Waals surface area (Å²) < 4.78 is 0. The zero-order valence-electron chi connectivity index (χ0n) is 33.2. The summed E-state index contributed by atoms with van der Waals surface area (Å²) in [5.74, 6) is 0.712. The highest BCUT2D eigenvalue weighted by Gasteiger charge is 2.38. The summed E-state index contributed by atoms with van der Waals surface area (Å²) in [7, 11) is 0. The second-order valence-electron chi connectivity index (χ2n) is 17.0. The number of nitrogens with zero attached hydrogens (tertiary/aromatic N) is 2. The van der Waals surface area contributed by atoms with Crippen molar-refractivity contribution >= 4 is 10.8 Å². The zero-order chi connectivity index (χ0) is 39.2. The van der Waals surface area contributed by atoms with Crippen LogP contribution in [0.25, 0.3) is 89.2 Å². The van der Waals surface area contributed by atoms with Crippen LogP contribution in [0.5, 0.6) is 0 Å². The molecule has 9 aromatic rings. The smallest absolute Gasteiger partial charge is 0.160 e. The fourth-order valence-corrected chi connectivity index (χ4v) is 9.81. The number of hydrogen-bond donors (Lipinski definition) is 0. The number of hydrogen-bond acceptors (Lipinski definition) is 2. The van der Waals surface area contributed by atoms with Crippen LogP contribution < -0.4 is 0 Å². The van der Waals surface area contributed by atoms with E-state index in [1.807, 2.05) is 6.07 Å². The van der Waals surface area contributed by atoms with E-state index in [2.05, 4.69) is 204 Å². The van der Waals surface area contributed by atoms with Crippen molar-refractivity contribution in [3.63, 3.8) is 0 Å². The Balaban J connectivity index is 1.02. The molecule has 58 heavy (non-hydrogen) atoms. The van der Waals surface area contributed by atoms with E-state index in [1.54, 1.807) is 0 Å². The average molecular weight is 743 g/mol. The third-order valence-corrected chi connectivity index (χ3v) is 12.9. The standard InChI is InChI=1S/C56H42N2/c1-55(2)47-23-13-12-20-43(47)44-30-29-40(33-49(44)55)41-19-10-11-21-45(41)52-34-51(57-54(58-52)37-15-6-5-7-16-37)36-27-25-35(26-28-36)42-22-14-24-48-53(42)46-31-38-17-8-9-18-39(38)32-50(46)56(48,3)4/h5-34H,1-4H3. The summed E-state index contributed by atoms with van der Waals surface area (Å²) in [5, 5.41) is 2.56. The van der Waals surface area contributed by atoms with Gasteiger partial charge in [0, 0.05) is 27.5 Å². The number of fused-ring (bicyclic) bond motifs is 7. The highest BCUT2D eigenvalue weighted by Crippen LogP contribution is 2.53. The lowest BCUT2D eigenvalue weighted by Crippen LogP contribution is -2.14. The molecule has 11 rings (SSSR count). The highest BCUT2D eigenvalue weighted by atomic mass is 14.9. The lowest BCUT2D eigenvalue weighted by Gasteiger charge is -2.22. The Morgan fingerprint density at radius 3 is 1.66 bits per heavy atom. The second kappa shape index (κ2) is 12.8. The maximum atomic E-state index is 5.27. The molecule has 0 amide bonds. The highest BCUT2D eigenvalue weighted by molar-refractivity contribution is 5.99. The minimum absolute atomic E-state index is 0.0839. The summed E-state index contributed by atoms with van der Waals surface area (Å²) >= 11 is 0. The van der Waals surface area contributed by atoms with E-state index in [0.29, 0.717) is 5.82 Å². The van der Waals surface area contributed by atoms with Gasteiger partial charge in [0.2, 0.25) is 0 Å². The molecule has 2 aliphatic carbocycles. The fourth-order valence-electron chi connectivity index (χ4n) is 9.81. The Kier molecular flexibility index (Phi) is 7.59. The largest absolute Gasteiger partial charge is 0.228 e. The molecule has 0 saturated carbocycles. The van der Waals surface area contributed by atoms with Crippen LogP contribution in [0.1, 0.15) is 49.9 Å². The predicted octanol–water partition coefficient (Wildman–Crippen LogP) is 14.6. The molecule has 2 aliphatic rings. The van der Waals surface area contributed by atoms with Crippen molar-refractivity contribution in [2.75, 3.05) is 0 Å². The van der Waals surface area contributed by atoms with E-state index >= 15 is 0 Å². The van der Waals surface area contributed by atoms with Crippen LogP contribution in [0, 0.1) is 0 Å². The monoisotopic (exact) mass is 742 g/mol. The maximum Gasteiger partial charge on any atom is 0.160 e. The number of rotatable bonds is 5. The fraction of sp³-hybridized carbons (Fsp3) is 0.107. The van der Waals surface area contributed by atoms with Gasteiger partial charge < -0.3 is 0 Å². The van der Waals surface area contributed by atoms with E-state index in [4.69, 9.17) is 9.97 Å². The Hall–Kier alpha value is -6.90. The van der Waals surface area contributed by atoms with Crippen LogP contribution in [-0.2, 0) is 10.8 Å². The second-order valence-corrected chi connectivity index (χ2v) is 17.0. The van der Waals surface area contributed by atoms with Crippen molar-refractivity contribution in [2.24, 2.45) is 0 Å². The van der Waals surface area contributed by atoms with E-state index in [1.165, 1.54) is 72.0 Å². The molecule has 0 bridgehead atoms. The van der Waals surface area contributed by atoms with E-state index in [-0.39, 0.29) is 10.8 Å². The topological polar surface area (TPSA) is 25.8 Å². The summed E-state index contributed by atoms with van der Waals surface area (Å²) in [6, 6.07) is 66.3. The normalized spacial score (nSPS) is 14.1. The molecule has 8 aromatic carbocycles. The van der Waals surface area contributed by atoms with Gasteiger partial charge in [-0.05, 0) is 102 Å². The molecule has 1 heterocycles. The molecule has 0 saturated heterocycles. The third kappa shape index (κ3) is 5.25. The molecule has 2 nitrogen and oxygen atoms in total. The van der Waals surface area contributed by atoms with Crippen molar-refractivity contribution in [2.45, 2.75) is 38.5 Å². The van der Waals surface area contributed by atoms with Crippen molar-refractivity contribution < 1.29 is 0 Å². The molecule has 0 fully saturated rings. The van der Waals surface area contributed by atoms with Crippen molar-refractivity contribution in [3.8, 4) is 78.4 Å². The molecular weight excluding hydrogens is 701 g/mol. The average Bonchev–Trinajstić information content (AvgIpc) is 3.64. The molecule has 0 spiro atoms. The lowest BCUT2D eigenvalue weighted by atomic mass is 9.81. The van der Waals surface area contributed by atoms with Crippen LogP contribution in [0.2, 0.25) is 0 Å². The van der Waals surface area contributed by atoms with Gasteiger partial charge in [0.15, 0.2) is 5.82 Å². The number of benzene rings is 8. The van der Waals surface area contributed by atoms with Gasteiger partial charge in [0.25, 0.3) is 0 Å². The first-order valence-corrected chi connectivity index (χ1v) is 20.3. The summed E-state index contributed by atoms with van der Waals surface area (Å²) in [6.45, 7) is 9.40. The van der Waals surface area contributed by atoms with Crippen LogP contribution in [0.3, 0.4) is 0 Å². The third-order valence-electron chi connectivity index (χ3n) is 12.9. The lowest BCUT2D eigenvalue weighted by molar-refractivity contribution is 0.660. The van der Waals surface area contributed by atoms with Crippen molar-refractivity contribution in [1.29, 1.82) is 0 Å². The van der Waals surface area contributed by atoms with Gasteiger partial charge in [-0.25, -0.2) is 9.97 Å². The Bertz CT molecular complexity index is 3100. The molecule has 276 valence electrons. The summed E-state index contributed by atoms with van der Waals surface area (Å²) in [5.41, 5.74) is 20.4. The SMILES string of the molecule is CC1(C)c2ccccc2-c2ccc(-c3ccccc3-c3cc(-c4ccc(-c5cccc6c5-c5cc7ccccc7cc5C6(C)C)cc4)nc(-c4ccccc4)n3)cc21. The first-order chi connectivity index (χ1) is 28.3. The van der Waals surface area contributed by atoms with Crippen LogP contribution in [0.15, 0.2) is 182 Å².